The van der Waals surface area contributed by atoms with Crippen LogP contribution in [0, 0.1) is 0 Å². The molecule has 0 radical (unpaired) electrons. The molecule has 0 atom stereocenters. The number of nitrogens with one attached hydrogen (secondary N) is 1. The number of thioether (sulfide) groups is 1. The maximum atomic E-state index is 3.81. The van der Waals surface area contributed by atoms with Crippen molar-refractivity contribution in [3.05, 3.63) is 0 Å². The lowest BCUT2D eigenvalue weighted by atomic mass is 9.93. The molecule has 1 aliphatic heterocycles. The van der Waals surface area contributed by atoms with Crippen molar-refractivity contribution in [2.75, 3.05) is 5.75 Å². The fourth-order valence-corrected chi connectivity index (χ4v) is 4.03. The normalized spacial score (nSPS) is 32.5. The predicted molar refractivity (Wildman–Crippen MR) is 55.5 cm³/mol. The van der Waals surface area contributed by atoms with Gasteiger partial charge < -0.3 is 0 Å². The van der Waals surface area contributed by atoms with Gasteiger partial charge in [0, 0.05) is 11.3 Å². The maximum Gasteiger partial charge on any atom is 0.0650 e. The molecule has 0 aromatic carbocycles. The summed E-state index contributed by atoms with van der Waals surface area (Å²) in [5, 5.41) is 3.81. The Morgan fingerprint density at radius 1 is 1.08 bits per heavy atom. The topological polar surface area (TPSA) is 12.0 Å². The second-order valence-electron chi connectivity index (χ2n) is 4.85. The van der Waals surface area contributed by atoms with Gasteiger partial charge in [-0.05, 0) is 26.7 Å². The Labute approximate surface area is 79.7 Å². The Kier molecular flexibility index (Phi) is 2.16. The van der Waals surface area contributed by atoms with Crippen LogP contribution in [0.25, 0.3) is 0 Å². The van der Waals surface area contributed by atoms with Gasteiger partial charge in [-0.1, -0.05) is 19.3 Å². The lowest BCUT2D eigenvalue weighted by Crippen LogP contribution is -2.48. The SMILES string of the molecule is CC1(C)CSC2(CCCCC2)N1. The number of hydrogen-bond acceptors (Lipinski definition) is 2. The van der Waals surface area contributed by atoms with Gasteiger partial charge in [0.1, 0.15) is 0 Å². The standard InChI is InChI=1S/C10H19NS/c1-9(2)8-12-10(11-9)6-4-3-5-7-10/h11H,3-8H2,1-2H3. The maximum absolute atomic E-state index is 3.81. The van der Waals surface area contributed by atoms with Gasteiger partial charge in [-0.25, -0.2) is 0 Å². The molecule has 1 nitrogen and oxygen atoms in total. The Morgan fingerprint density at radius 2 is 1.75 bits per heavy atom. The summed E-state index contributed by atoms with van der Waals surface area (Å²) in [6.07, 6.45) is 7.08. The molecule has 0 amide bonds. The number of rotatable bonds is 0. The Bertz CT molecular complexity index is 171. The van der Waals surface area contributed by atoms with Gasteiger partial charge in [0.15, 0.2) is 0 Å². The molecule has 1 heterocycles. The minimum Gasteiger partial charge on any atom is -0.297 e. The lowest BCUT2D eigenvalue weighted by Gasteiger charge is -2.35. The molecule has 2 heteroatoms. The van der Waals surface area contributed by atoms with Crippen molar-refractivity contribution in [1.29, 1.82) is 0 Å². The molecule has 12 heavy (non-hydrogen) atoms. The first-order valence-electron chi connectivity index (χ1n) is 5.05. The summed E-state index contributed by atoms with van der Waals surface area (Å²) in [7, 11) is 0. The smallest absolute Gasteiger partial charge is 0.0650 e. The van der Waals surface area contributed by atoms with Crippen molar-refractivity contribution in [2.45, 2.75) is 56.4 Å². The van der Waals surface area contributed by atoms with E-state index in [-0.39, 0.29) is 0 Å². The molecule has 0 bridgehead atoms. The summed E-state index contributed by atoms with van der Waals surface area (Å²) in [5.41, 5.74) is 0.377. The van der Waals surface area contributed by atoms with Crippen LogP contribution in [-0.4, -0.2) is 16.2 Å². The highest BCUT2D eigenvalue weighted by atomic mass is 32.2. The zero-order chi connectivity index (χ0) is 8.66. The van der Waals surface area contributed by atoms with Gasteiger partial charge in [0.05, 0.1) is 4.87 Å². The van der Waals surface area contributed by atoms with E-state index in [2.05, 4.69) is 30.9 Å². The third-order valence-electron chi connectivity index (χ3n) is 2.94. The Morgan fingerprint density at radius 3 is 2.25 bits per heavy atom. The summed E-state index contributed by atoms with van der Waals surface area (Å²) >= 11 is 2.16. The molecule has 1 saturated heterocycles. The van der Waals surface area contributed by atoms with Crippen molar-refractivity contribution < 1.29 is 0 Å². The zero-order valence-corrected chi connectivity index (χ0v) is 8.97. The molecule has 2 aliphatic rings. The van der Waals surface area contributed by atoms with Gasteiger partial charge >= 0.3 is 0 Å². The van der Waals surface area contributed by atoms with Crippen LogP contribution in [-0.2, 0) is 0 Å². The van der Waals surface area contributed by atoms with Gasteiger partial charge in [-0.3, -0.25) is 5.32 Å². The van der Waals surface area contributed by atoms with Crippen molar-refractivity contribution in [2.24, 2.45) is 0 Å². The van der Waals surface area contributed by atoms with Crippen LogP contribution in [0.15, 0.2) is 0 Å². The molecule has 0 aromatic rings. The van der Waals surface area contributed by atoms with Gasteiger partial charge in [0.2, 0.25) is 0 Å². The van der Waals surface area contributed by atoms with Gasteiger partial charge in [-0.15, -0.1) is 11.8 Å². The molecule has 2 rings (SSSR count). The highest BCUT2D eigenvalue weighted by molar-refractivity contribution is 8.00. The largest absolute Gasteiger partial charge is 0.297 e. The second kappa shape index (κ2) is 2.91. The van der Waals surface area contributed by atoms with Crippen molar-refractivity contribution in [1.82, 2.24) is 5.32 Å². The molecule has 1 spiro atoms. The lowest BCUT2D eigenvalue weighted by molar-refractivity contribution is 0.291. The van der Waals surface area contributed by atoms with Crippen LogP contribution in [0.5, 0.6) is 0 Å². The second-order valence-corrected chi connectivity index (χ2v) is 6.21. The van der Waals surface area contributed by atoms with Gasteiger partial charge in [0.25, 0.3) is 0 Å². The summed E-state index contributed by atoms with van der Waals surface area (Å²) in [6, 6.07) is 0. The van der Waals surface area contributed by atoms with Crippen LogP contribution in [0.2, 0.25) is 0 Å². The van der Waals surface area contributed by atoms with Crippen molar-refractivity contribution in [3.8, 4) is 0 Å². The monoisotopic (exact) mass is 185 g/mol. The third kappa shape index (κ3) is 1.64. The molecule has 1 N–H and O–H groups in total. The fraction of sp³-hybridized carbons (Fsp3) is 1.00. The molecule has 0 unspecified atom stereocenters. The average Bonchev–Trinajstić information content (AvgIpc) is 2.29. The van der Waals surface area contributed by atoms with Crippen LogP contribution in [0.1, 0.15) is 46.0 Å². The van der Waals surface area contributed by atoms with E-state index in [0.717, 1.165) is 0 Å². The quantitative estimate of drug-likeness (QED) is 0.623. The van der Waals surface area contributed by atoms with Gasteiger partial charge in [-0.2, -0.15) is 0 Å². The van der Waals surface area contributed by atoms with E-state index < -0.39 is 0 Å². The number of hydrogen-bond donors (Lipinski definition) is 1. The Hall–Kier alpha value is 0.310. The van der Waals surface area contributed by atoms with Crippen LogP contribution in [0.3, 0.4) is 0 Å². The van der Waals surface area contributed by atoms with E-state index in [9.17, 15) is 0 Å². The Balaban J connectivity index is 2.03. The van der Waals surface area contributed by atoms with E-state index in [4.69, 9.17) is 0 Å². The van der Waals surface area contributed by atoms with E-state index in [1.165, 1.54) is 37.9 Å². The molecule has 1 aliphatic carbocycles. The first kappa shape index (κ1) is 8.89. The summed E-state index contributed by atoms with van der Waals surface area (Å²) < 4.78 is 0. The summed E-state index contributed by atoms with van der Waals surface area (Å²) in [6.45, 7) is 4.65. The highest BCUT2D eigenvalue weighted by Gasteiger charge is 2.43. The average molecular weight is 185 g/mol. The molecule has 70 valence electrons. The minimum absolute atomic E-state index is 0.377. The van der Waals surface area contributed by atoms with E-state index >= 15 is 0 Å². The molecule has 2 fully saturated rings. The fourth-order valence-electron chi connectivity index (χ4n) is 2.40. The third-order valence-corrected chi connectivity index (χ3v) is 4.87. The highest BCUT2D eigenvalue weighted by Crippen LogP contribution is 2.44. The first-order chi connectivity index (χ1) is 5.62. The van der Waals surface area contributed by atoms with Crippen LogP contribution < -0.4 is 5.32 Å². The van der Waals surface area contributed by atoms with Crippen molar-refractivity contribution >= 4 is 11.8 Å². The molecule has 1 saturated carbocycles. The van der Waals surface area contributed by atoms with Crippen LogP contribution >= 0.6 is 11.8 Å². The summed E-state index contributed by atoms with van der Waals surface area (Å²) in [4.78, 5) is 0.474. The van der Waals surface area contributed by atoms with Crippen molar-refractivity contribution in [3.63, 3.8) is 0 Å². The van der Waals surface area contributed by atoms with E-state index in [0.29, 0.717) is 10.4 Å². The predicted octanol–water partition coefficient (Wildman–Crippen LogP) is 2.76. The molecular formula is C10H19NS. The summed E-state index contributed by atoms with van der Waals surface area (Å²) in [5.74, 6) is 1.28. The van der Waals surface area contributed by atoms with E-state index in [1.54, 1.807) is 0 Å². The minimum atomic E-state index is 0.377. The van der Waals surface area contributed by atoms with Crippen LogP contribution in [0.4, 0.5) is 0 Å². The molecular weight excluding hydrogens is 166 g/mol. The molecule has 0 aromatic heterocycles. The zero-order valence-electron chi connectivity index (χ0n) is 8.15. The van der Waals surface area contributed by atoms with E-state index in [1.807, 2.05) is 0 Å². The first-order valence-corrected chi connectivity index (χ1v) is 6.04.